The van der Waals surface area contributed by atoms with E-state index in [1.807, 2.05) is 12.1 Å². The summed E-state index contributed by atoms with van der Waals surface area (Å²) in [7, 11) is 0. The summed E-state index contributed by atoms with van der Waals surface area (Å²) in [5.41, 5.74) is 2.18. The van der Waals surface area contributed by atoms with Gasteiger partial charge in [-0.3, -0.25) is 0 Å². The summed E-state index contributed by atoms with van der Waals surface area (Å²) in [6.45, 7) is 4.31. The highest BCUT2D eigenvalue weighted by molar-refractivity contribution is 5.79. The van der Waals surface area contributed by atoms with Crippen LogP contribution in [0.25, 0.3) is 11.0 Å². The normalized spacial score (nSPS) is 10.3. The van der Waals surface area contributed by atoms with Gasteiger partial charge in [0.2, 0.25) is 0 Å². The van der Waals surface area contributed by atoms with E-state index in [-0.39, 0.29) is 0 Å². The molecule has 0 aliphatic heterocycles. The van der Waals surface area contributed by atoms with Crippen LogP contribution in [-0.2, 0) is 0 Å². The molecule has 0 bridgehead atoms. The van der Waals surface area contributed by atoms with Crippen LogP contribution in [0.4, 0.5) is 0 Å². The van der Waals surface area contributed by atoms with Crippen molar-refractivity contribution in [2.45, 2.75) is 46.0 Å². The van der Waals surface area contributed by atoms with Crippen LogP contribution in [0.5, 0.6) is 0 Å². The number of aryl methyl sites for hydroxylation is 1. The molecule has 0 amide bonds. The molecule has 1 heterocycles. The van der Waals surface area contributed by atoms with Crippen molar-refractivity contribution in [2.75, 3.05) is 0 Å². The average Bonchev–Trinajstić information content (AvgIpc) is 2.75. The Kier molecular flexibility index (Phi) is 4.47. The van der Waals surface area contributed by atoms with Crippen molar-refractivity contribution >= 4 is 11.0 Å². The molecule has 1 nitrogen and oxygen atoms in total. The number of hydrogen-bond donors (Lipinski definition) is 0. The molecule has 1 heteroatoms. The van der Waals surface area contributed by atoms with Gasteiger partial charge >= 0.3 is 0 Å². The van der Waals surface area contributed by atoms with E-state index in [1.165, 1.54) is 31.2 Å². The van der Waals surface area contributed by atoms with E-state index in [4.69, 9.17) is 4.42 Å². The third-order valence-corrected chi connectivity index (χ3v) is 3.04. The summed E-state index contributed by atoms with van der Waals surface area (Å²) in [6.07, 6.45) is 6.03. The molecule has 0 radical (unpaired) electrons. The van der Waals surface area contributed by atoms with Crippen molar-refractivity contribution in [1.82, 2.24) is 0 Å². The van der Waals surface area contributed by atoms with E-state index >= 15 is 0 Å². The summed E-state index contributed by atoms with van der Waals surface area (Å²) in [4.78, 5) is 0. The molecule has 0 aliphatic rings. The van der Waals surface area contributed by atoms with Crippen molar-refractivity contribution < 1.29 is 4.42 Å². The molecular formula is C17H20O. The summed E-state index contributed by atoms with van der Waals surface area (Å²) in [6, 6.07) is 8.23. The minimum atomic E-state index is 0.783. The summed E-state index contributed by atoms with van der Waals surface area (Å²) >= 11 is 0. The van der Waals surface area contributed by atoms with Crippen molar-refractivity contribution in [2.24, 2.45) is 0 Å². The van der Waals surface area contributed by atoms with Crippen LogP contribution in [0, 0.1) is 18.8 Å². The zero-order valence-corrected chi connectivity index (χ0v) is 11.3. The first-order chi connectivity index (χ1) is 8.79. The maximum Gasteiger partial charge on any atom is 0.178 e. The first-order valence-electron chi connectivity index (χ1n) is 6.78. The van der Waals surface area contributed by atoms with Gasteiger partial charge in [-0.15, -0.1) is 0 Å². The summed E-state index contributed by atoms with van der Waals surface area (Å²) in [5.74, 6) is 7.09. The Bertz CT molecular complexity index is 566. The predicted molar refractivity (Wildman–Crippen MR) is 76.6 cm³/mol. The van der Waals surface area contributed by atoms with Gasteiger partial charge in [-0.25, -0.2) is 0 Å². The number of unbranched alkanes of at least 4 members (excludes halogenated alkanes) is 4. The third-order valence-electron chi connectivity index (χ3n) is 3.04. The van der Waals surface area contributed by atoms with E-state index < -0.39 is 0 Å². The molecule has 0 unspecified atom stereocenters. The Hall–Kier alpha value is -1.68. The van der Waals surface area contributed by atoms with Crippen molar-refractivity contribution in [3.63, 3.8) is 0 Å². The van der Waals surface area contributed by atoms with E-state index in [0.29, 0.717) is 0 Å². The minimum absolute atomic E-state index is 0.783. The minimum Gasteiger partial charge on any atom is -0.448 e. The van der Waals surface area contributed by atoms with E-state index in [9.17, 15) is 0 Å². The van der Waals surface area contributed by atoms with E-state index in [0.717, 1.165) is 23.2 Å². The molecule has 1 aromatic carbocycles. The molecule has 0 spiro atoms. The van der Waals surface area contributed by atoms with Crippen LogP contribution in [0.2, 0.25) is 0 Å². The molecule has 2 aromatic rings. The maximum absolute atomic E-state index is 5.68. The lowest BCUT2D eigenvalue weighted by atomic mass is 10.1. The Morgan fingerprint density at radius 1 is 1.11 bits per heavy atom. The highest BCUT2D eigenvalue weighted by Gasteiger charge is 2.00. The van der Waals surface area contributed by atoms with Gasteiger partial charge in [-0.1, -0.05) is 43.7 Å². The molecular weight excluding hydrogens is 220 g/mol. The van der Waals surface area contributed by atoms with Gasteiger partial charge < -0.3 is 4.42 Å². The Morgan fingerprint density at radius 2 is 2.00 bits per heavy atom. The van der Waals surface area contributed by atoms with Gasteiger partial charge in [0.05, 0.1) is 0 Å². The van der Waals surface area contributed by atoms with Crippen LogP contribution in [0.15, 0.2) is 28.7 Å². The lowest BCUT2D eigenvalue weighted by molar-refractivity contribution is 0.601. The third kappa shape index (κ3) is 3.40. The average molecular weight is 240 g/mol. The fraction of sp³-hybridized carbons (Fsp3) is 0.412. The van der Waals surface area contributed by atoms with Gasteiger partial charge in [-0.05, 0) is 31.4 Å². The smallest absolute Gasteiger partial charge is 0.178 e. The zero-order chi connectivity index (χ0) is 12.8. The second-order valence-electron chi connectivity index (χ2n) is 4.76. The largest absolute Gasteiger partial charge is 0.448 e. The van der Waals surface area contributed by atoms with Gasteiger partial charge in [0.1, 0.15) is 5.58 Å². The number of rotatable bonds is 4. The van der Waals surface area contributed by atoms with Crippen molar-refractivity contribution in [3.05, 3.63) is 35.6 Å². The van der Waals surface area contributed by atoms with Gasteiger partial charge in [-0.2, -0.15) is 0 Å². The Balaban J connectivity index is 1.97. The fourth-order valence-electron chi connectivity index (χ4n) is 2.01. The monoisotopic (exact) mass is 240 g/mol. The molecule has 94 valence electrons. The molecule has 0 atom stereocenters. The number of fused-ring (bicyclic) bond motifs is 1. The zero-order valence-electron chi connectivity index (χ0n) is 11.3. The summed E-state index contributed by atoms with van der Waals surface area (Å²) in [5, 5.41) is 1.14. The first-order valence-corrected chi connectivity index (χ1v) is 6.78. The predicted octanol–water partition coefficient (Wildman–Crippen LogP) is 5.06. The topological polar surface area (TPSA) is 13.1 Å². The van der Waals surface area contributed by atoms with Crippen molar-refractivity contribution in [1.29, 1.82) is 0 Å². The maximum atomic E-state index is 5.68. The Labute approximate surface area is 109 Å². The number of benzene rings is 1. The standard InChI is InChI=1S/C17H20O/c1-3-4-5-6-7-8-9-16-13-15-12-14(2)10-11-17(15)18-16/h10-13H,3-7H2,1-2H3. The molecule has 0 aliphatic carbocycles. The Morgan fingerprint density at radius 3 is 2.83 bits per heavy atom. The second-order valence-corrected chi connectivity index (χ2v) is 4.76. The van der Waals surface area contributed by atoms with Gasteiger partial charge in [0.15, 0.2) is 5.76 Å². The molecule has 2 rings (SSSR count). The molecule has 1 aromatic heterocycles. The van der Waals surface area contributed by atoms with E-state index in [1.54, 1.807) is 0 Å². The number of furan rings is 1. The molecule has 0 saturated carbocycles. The highest BCUT2D eigenvalue weighted by Crippen LogP contribution is 2.19. The molecule has 18 heavy (non-hydrogen) atoms. The number of hydrogen-bond acceptors (Lipinski definition) is 1. The lowest BCUT2D eigenvalue weighted by Gasteiger charge is -1.91. The van der Waals surface area contributed by atoms with E-state index in [2.05, 4.69) is 37.8 Å². The first kappa shape index (κ1) is 12.8. The van der Waals surface area contributed by atoms with Gasteiger partial charge in [0, 0.05) is 17.9 Å². The highest BCUT2D eigenvalue weighted by atomic mass is 16.3. The van der Waals surface area contributed by atoms with Gasteiger partial charge in [0.25, 0.3) is 0 Å². The van der Waals surface area contributed by atoms with Crippen LogP contribution in [0.3, 0.4) is 0 Å². The van der Waals surface area contributed by atoms with Crippen LogP contribution < -0.4 is 0 Å². The molecule has 0 N–H and O–H groups in total. The SMILES string of the molecule is CCCCCCC#Cc1cc2cc(C)ccc2o1. The molecule has 0 saturated heterocycles. The van der Waals surface area contributed by atoms with Crippen molar-refractivity contribution in [3.8, 4) is 11.8 Å². The van der Waals surface area contributed by atoms with Crippen LogP contribution in [-0.4, -0.2) is 0 Å². The fourth-order valence-corrected chi connectivity index (χ4v) is 2.01. The second kappa shape index (κ2) is 6.31. The summed E-state index contributed by atoms with van der Waals surface area (Å²) < 4.78 is 5.68. The van der Waals surface area contributed by atoms with Crippen LogP contribution >= 0.6 is 0 Å². The van der Waals surface area contributed by atoms with Crippen LogP contribution in [0.1, 0.15) is 50.4 Å². The quantitative estimate of drug-likeness (QED) is 0.537. The molecule has 0 fully saturated rings. The lowest BCUT2D eigenvalue weighted by Crippen LogP contribution is -1.74.